The second-order valence-corrected chi connectivity index (χ2v) is 5.82. The smallest absolute Gasteiger partial charge is 0.325 e. The van der Waals surface area contributed by atoms with Crippen LogP contribution in [-0.2, 0) is 9.59 Å². The van der Waals surface area contributed by atoms with Gasteiger partial charge in [0.05, 0.1) is 11.4 Å². The number of nitrogens with one attached hydrogen (secondary N) is 2. The first-order valence-electron chi connectivity index (χ1n) is 6.19. The summed E-state index contributed by atoms with van der Waals surface area (Å²) < 4.78 is 0. The van der Waals surface area contributed by atoms with Gasteiger partial charge in [-0.25, -0.2) is 0 Å². The number of carbonyl (C=O) groups excluding carboxylic acids is 1. The van der Waals surface area contributed by atoms with Crippen molar-refractivity contribution in [2.24, 2.45) is 0 Å². The minimum atomic E-state index is -0.887. The molecule has 0 radical (unpaired) electrons. The summed E-state index contributed by atoms with van der Waals surface area (Å²) in [6.45, 7) is 0. The normalized spacial score (nSPS) is 19.5. The number of carboxylic acids is 1. The van der Waals surface area contributed by atoms with E-state index in [-0.39, 0.29) is 5.91 Å². The first-order chi connectivity index (χ1) is 9.13. The van der Waals surface area contributed by atoms with E-state index in [2.05, 4.69) is 10.6 Å². The van der Waals surface area contributed by atoms with Crippen LogP contribution in [0.25, 0.3) is 0 Å². The Labute approximate surface area is 114 Å². The predicted octanol–water partition coefficient (Wildman–Crippen LogP) is 1.61. The number of aliphatic carboxylic acids is 1. The maximum absolute atomic E-state index is 11.4. The van der Waals surface area contributed by atoms with E-state index in [0.29, 0.717) is 23.0 Å². The van der Waals surface area contributed by atoms with Gasteiger partial charge in [0.15, 0.2) is 0 Å². The van der Waals surface area contributed by atoms with E-state index in [1.165, 1.54) is 11.8 Å². The molecule has 19 heavy (non-hydrogen) atoms. The highest BCUT2D eigenvalue weighted by Gasteiger charge is 2.30. The molecule has 1 saturated carbocycles. The number of hydrogen-bond acceptors (Lipinski definition) is 4. The van der Waals surface area contributed by atoms with Gasteiger partial charge in [-0.15, -0.1) is 11.8 Å². The molecule has 0 saturated heterocycles. The first kappa shape index (κ1) is 12.5. The third-order valence-corrected chi connectivity index (χ3v) is 4.27. The summed E-state index contributed by atoms with van der Waals surface area (Å²) in [4.78, 5) is 23.7. The molecule has 1 heterocycles. The topological polar surface area (TPSA) is 78.4 Å². The SMILES string of the molecule is O=C1CSc2ccc(C(NC3CC3)C(=O)O)cc2N1. The van der Waals surface area contributed by atoms with Crippen LogP contribution in [0.5, 0.6) is 0 Å². The van der Waals surface area contributed by atoms with Crippen LogP contribution in [0.3, 0.4) is 0 Å². The lowest BCUT2D eigenvalue weighted by atomic mass is 10.1. The second kappa shape index (κ2) is 4.86. The average Bonchev–Trinajstić information content (AvgIpc) is 3.18. The fraction of sp³-hybridized carbons (Fsp3) is 0.385. The van der Waals surface area contributed by atoms with Gasteiger partial charge in [0.2, 0.25) is 5.91 Å². The third kappa shape index (κ3) is 2.74. The fourth-order valence-electron chi connectivity index (χ4n) is 2.08. The molecule has 5 nitrogen and oxygen atoms in total. The monoisotopic (exact) mass is 278 g/mol. The zero-order chi connectivity index (χ0) is 13.4. The molecule has 1 fully saturated rings. The highest BCUT2D eigenvalue weighted by Crippen LogP contribution is 2.34. The van der Waals surface area contributed by atoms with Gasteiger partial charge in [0, 0.05) is 10.9 Å². The molecule has 1 aliphatic carbocycles. The molecule has 1 atom stereocenters. The van der Waals surface area contributed by atoms with Crippen LogP contribution in [0, 0.1) is 0 Å². The van der Waals surface area contributed by atoms with Crippen molar-refractivity contribution in [3.8, 4) is 0 Å². The number of amides is 1. The highest BCUT2D eigenvalue weighted by atomic mass is 32.2. The fourth-order valence-corrected chi connectivity index (χ4v) is 2.86. The summed E-state index contributed by atoms with van der Waals surface area (Å²) in [7, 11) is 0. The standard InChI is InChI=1S/C13H14N2O3S/c16-11-6-19-10-4-1-7(5-9(10)15-11)12(13(17)18)14-8-2-3-8/h1,4-5,8,12,14H,2-3,6H2,(H,15,16)(H,17,18). The highest BCUT2D eigenvalue weighted by molar-refractivity contribution is 8.00. The molecular formula is C13H14N2O3S. The van der Waals surface area contributed by atoms with Crippen LogP contribution in [-0.4, -0.2) is 28.8 Å². The van der Waals surface area contributed by atoms with E-state index < -0.39 is 12.0 Å². The van der Waals surface area contributed by atoms with Gasteiger partial charge in [-0.2, -0.15) is 0 Å². The van der Waals surface area contributed by atoms with Crippen molar-refractivity contribution >= 4 is 29.3 Å². The van der Waals surface area contributed by atoms with Crippen molar-refractivity contribution < 1.29 is 14.7 Å². The first-order valence-corrected chi connectivity index (χ1v) is 7.17. The number of benzene rings is 1. The average molecular weight is 278 g/mol. The number of fused-ring (bicyclic) bond motifs is 1. The molecule has 1 aromatic rings. The molecule has 1 amide bonds. The lowest BCUT2D eigenvalue weighted by Gasteiger charge is -2.20. The van der Waals surface area contributed by atoms with Crippen LogP contribution in [0.4, 0.5) is 5.69 Å². The summed E-state index contributed by atoms with van der Waals surface area (Å²) >= 11 is 1.47. The van der Waals surface area contributed by atoms with E-state index in [1.54, 1.807) is 6.07 Å². The molecule has 3 rings (SSSR count). The van der Waals surface area contributed by atoms with Crippen molar-refractivity contribution in [1.29, 1.82) is 0 Å². The van der Waals surface area contributed by atoms with Crippen LogP contribution in [0.2, 0.25) is 0 Å². The zero-order valence-corrected chi connectivity index (χ0v) is 11.0. The summed E-state index contributed by atoms with van der Waals surface area (Å²) in [5.74, 6) is -0.520. The molecular weight excluding hydrogens is 264 g/mol. The van der Waals surface area contributed by atoms with Crippen molar-refractivity contribution in [3.05, 3.63) is 23.8 Å². The zero-order valence-electron chi connectivity index (χ0n) is 10.2. The number of anilines is 1. The molecule has 1 aliphatic heterocycles. The molecule has 6 heteroatoms. The summed E-state index contributed by atoms with van der Waals surface area (Å²) in [5, 5.41) is 15.2. The Morgan fingerprint density at radius 2 is 2.26 bits per heavy atom. The lowest BCUT2D eigenvalue weighted by molar-refractivity contribution is -0.139. The van der Waals surface area contributed by atoms with Crippen molar-refractivity contribution in [2.75, 3.05) is 11.1 Å². The van der Waals surface area contributed by atoms with Gasteiger partial charge in [-0.3, -0.25) is 14.9 Å². The lowest BCUT2D eigenvalue weighted by Crippen LogP contribution is -2.30. The largest absolute Gasteiger partial charge is 0.480 e. The van der Waals surface area contributed by atoms with Crippen LogP contribution in [0.1, 0.15) is 24.4 Å². The molecule has 1 unspecified atom stereocenters. The minimum Gasteiger partial charge on any atom is -0.480 e. The Bertz CT molecular complexity index is 543. The Kier molecular flexibility index (Phi) is 3.20. The molecule has 1 aromatic carbocycles. The van der Waals surface area contributed by atoms with Gasteiger partial charge in [-0.05, 0) is 30.5 Å². The maximum atomic E-state index is 11.4. The summed E-state index contributed by atoms with van der Waals surface area (Å²) in [5.41, 5.74) is 1.39. The van der Waals surface area contributed by atoms with E-state index in [0.717, 1.165) is 17.7 Å². The van der Waals surface area contributed by atoms with E-state index in [4.69, 9.17) is 0 Å². The number of thioether (sulfide) groups is 1. The summed E-state index contributed by atoms with van der Waals surface area (Å²) in [6.07, 6.45) is 2.06. The maximum Gasteiger partial charge on any atom is 0.325 e. The Morgan fingerprint density at radius 1 is 1.47 bits per heavy atom. The van der Waals surface area contributed by atoms with Gasteiger partial charge in [0.25, 0.3) is 0 Å². The Hall–Kier alpha value is -1.53. The predicted molar refractivity (Wildman–Crippen MR) is 72.3 cm³/mol. The Morgan fingerprint density at radius 3 is 2.95 bits per heavy atom. The molecule has 0 aromatic heterocycles. The van der Waals surface area contributed by atoms with E-state index in [9.17, 15) is 14.7 Å². The van der Waals surface area contributed by atoms with Crippen LogP contribution >= 0.6 is 11.8 Å². The number of carbonyl (C=O) groups is 2. The van der Waals surface area contributed by atoms with Crippen molar-refractivity contribution in [2.45, 2.75) is 29.8 Å². The quantitative estimate of drug-likeness (QED) is 0.780. The van der Waals surface area contributed by atoms with Gasteiger partial charge < -0.3 is 10.4 Å². The Balaban J connectivity index is 1.88. The number of hydrogen-bond donors (Lipinski definition) is 3. The molecule has 0 spiro atoms. The molecule has 3 N–H and O–H groups in total. The second-order valence-electron chi connectivity index (χ2n) is 4.80. The third-order valence-electron chi connectivity index (χ3n) is 3.20. The van der Waals surface area contributed by atoms with Crippen molar-refractivity contribution in [3.63, 3.8) is 0 Å². The molecule has 100 valence electrons. The summed E-state index contributed by atoms with van der Waals surface area (Å²) in [6, 6.07) is 5.05. The molecule has 2 aliphatic rings. The van der Waals surface area contributed by atoms with Crippen molar-refractivity contribution in [1.82, 2.24) is 5.32 Å². The van der Waals surface area contributed by atoms with E-state index in [1.807, 2.05) is 12.1 Å². The van der Waals surface area contributed by atoms with Crippen LogP contribution < -0.4 is 10.6 Å². The van der Waals surface area contributed by atoms with Gasteiger partial charge >= 0.3 is 5.97 Å². The number of carboxylic acid groups (broad SMARTS) is 1. The minimum absolute atomic E-state index is 0.0447. The van der Waals surface area contributed by atoms with Gasteiger partial charge in [-0.1, -0.05) is 6.07 Å². The van der Waals surface area contributed by atoms with Gasteiger partial charge in [0.1, 0.15) is 6.04 Å². The van der Waals surface area contributed by atoms with Crippen LogP contribution in [0.15, 0.2) is 23.1 Å². The van der Waals surface area contributed by atoms with E-state index >= 15 is 0 Å². The molecule has 0 bridgehead atoms. The number of rotatable bonds is 4.